The Kier molecular flexibility index (Phi) is 6.71. The molecule has 3 rings (SSSR count). The summed E-state index contributed by atoms with van der Waals surface area (Å²) in [5, 5.41) is 10.8. The molecule has 0 saturated carbocycles. The summed E-state index contributed by atoms with van der Waals surface area (Å²) in [6, 6.07) is 10.4. The van der Waals surface area contributed by atoms with E-state index in [1.807, 2.05) is 25.1 Å². The number of methoxy groups -OCH3 is 1. The van der Waals surface area contributed by atoms with Gasteiger partial charge in [0.2, 0.25) is 15.9 Å². The smallest absolute Gasteiger partial charge is 0.269 e. The van der Waals surface area contributed by atoms with Crippen molar-refractivity contribution in [2.45, 2.75) is 11.8 Å². The zero-order valence-electron chi connectivity index (χ0n) is 17.2. The molecule has 2 aromatic rings. The van der Waals surface area contributed by atoms with E-state index in [2.05, 4.69) is 0 Å². The Bertz CT molecular complexity index is 1100. The highest BCUT2D eigenvalue weighted by molar-refractivity contribution is 7.89. The van der Waals surface area contributed by atoms with Gasteiger partial charge in [-0.3, -0.25) is 14.9 Å². The quantitative estimate of drug-likeness (QED) is 0.384. The molecule has 0 spiro atoms. The number of nitro groups is 1. The molecule has 0 unspecified atom stereocenters. The van der Waals surface area contributed by atoms with Gasteiger partial charge in [-0.15, -0.1) is 0 Å². The third-order valence-corrected chi connectivity index (χ3v) is 6.94. The Hall–Kier alpha value is -3.24. The van der Waals surface area contributed by atoms with E-state index in [9.17, 15) is 23.3 Å². The summed E-state index contributed by atoms with van der Waals surface area (Å²) in [7, 11) is -2.22. The maximum Gasteiger partial charge on any atom is 0.269 e. The van der Waals surface area contributed by atoms with Gasteiger partial charge in [-0.05, 0) is 37.3 Å². The Balaban J connectivity index is 1.64. The average molecular weight is 445 g/mol. The van der Waals surface area contributed by atoms with E-state index in [1.54, 1.807) is 18.1 Å². The van der Waals surface area contributed by atoms with Crippen molar-refractivity contribution in [2.24, 2.45) is 0 Å². The highest BCUT2D eigenvalue weighted by atomic mass is 32.2. The third kappa shape index (κ3) is 5.09. The number of ether oxygens (including phenoxy) is 1. The predicted molar refractivity (Wildman–Crippen MR) is 115 cm³/mol. The standard InChI is InChI=1S/C21H23N3O6S/c1-16-3-9-20(30-2)17(15-16)4-10-21(25)22-11-13-23(14-12-22)31(28,29)19-7-5-18(6-8-19)24(26)27/h3-10,15H,11-14H2,1-2H3/b10-4+. The second-order valence-corrected chi connectivity index (χ2v) is 9.00. The van der Waals surface area contributed by atoms with Crippen molar-refractivity contribution >= 4 is 27.7 Å². The van der Waals surface area contributed by atoms with Gasteiger partial charge in [0.1, 0.15) is 5.75 Å². The molecule has 10 heteroatoms. The van der Waals surface area contributed by atoms with Gasteiger partial charge in [0, 0.05) is 50.0 Å². The molecule has 9 nitrogen and oxygen atoms in total. The van der Waals surface area contributed by atoms with Crippen LogP contribution in [0.25, 0.3) is 6.08 Å². The van der Waals surface area contributed by atoms with Crippen LogP contribution in [-0.4, -0.2) is 61.7 Å². The van der Waals surface area contributed by atoms with Crippen molar-refractivity contribution in [3.8, 4) is 5.75 Å². The monoisotopic (exact) mass is 445 g/mol. The maximum atomic E-state index is 12.8. The molecule has 0 atom stereocenters. The summed E-state index contributed by atoms with van der Waals surface area (Å²) in [5.41, 5.74) is 1.65. The molecule has 2 aromatic carbocycles. The lowest BCUT2D eigenvalue weighted by Crippen LogP contribution is -2.50. The first-order chi connectivity index (χ1) is 14.7. The summed E-state index contributed by atoms with van der Waals surface area (Å²) in [6.45, 7) is 2.74. The molecular formula is C21H23N3O6S. The van der Waals surface area contributed by atoms with Crippen molar-refractivity contribution in [1.82, 2.24) is 9.21 Å². The van der Waals surface area contributed by atoms with E-state index >= 15 is 0 Å². The van der Waals surface area contributed by atoms with E-state index in [4.69, 9.17) is 4.74 Å². The van der Waals surface area contributed by atoms with Gasteiger partial charge in [-0.25, -0.2) is 8.42 Å². The fraction of sp³-hybridized carbons (Fsp3) is 0.286. The first kappa shape index (κ1) is 22.4. The molecule has 0 radical (unpaired) electrons. The normalized spacial score (nSPS) is 15.2. The lowest BCUT2D eigenvalue weighted by molar-refractivity contribution is -0.384. The van der Waals surface area contributed by atoms with Gasteiger partial charge >= 0.3 is 0 Å². The molecule has 1 amide bonds. The van der Waals surface area contributed by atoms with Crippen molar-refractivity contribution in [1.29, 1.82) is 0 Å². The largest absolute Gasteiger partial charge is 0.496 e. The van der Waals surface area contributed by atoms with Gasteiger partial charge in [-0.1, -0.05) is 11.6 Å². The molecule has 0 aliphatic carbocycles. The van der Waals surface area contributed by atoms with E-state index < -0.39 is 14.9 Å². The number of hydrogen-bond acceptors (Lipinski definition) is 6. The first-order valence-corrected chi connectivity index (χ1v) is 11.0. The number of hydrogen-bond donors (Lipinski definition) is 0. The first-order valence-electron chi connectivity index (χ1n) is 9.58. The Morgan fingerprint density at radius 2 is 1.74 bits per heavy atom. The van der Waals surface area contributed by atoms with E-state index in [0.717, 1.165) is 23.3 Å². The number of benzene rings is 2. The molecule has 31 heavy (non-hydrogen) atoms. The lowest BCUT2D eigenvalue weighted by Gasteiger charge is -2.33. The molecule has 164 valence electrons. The van der Waals surface area contributed by atoms with Crippen molar-refractivity contribution < 1.29 is 22.9 Å². The second kappa shape index (κ2) is 9.27. The SMILES string of the molecule is COc1ccc(C)cc1/C=C/C(=O)N1CCN(S(=O)(=O)c2ccc([N+](=O)[O-])cc2)CC1. The fourth-order valence-corrected chi connectivity index (χ4v) is 4.71. The molecule has 0 aromatic heterocycles. The number of carbonyl (C=O) groups excluding carboxylic acids is 1. The van der Waals surface area contributed by atoms with E-state index in [-0.39, 0.29) is 42.7 Å². The van der Waals surface area contributed by atoms with Crippen LogP contribution in [-0.2, 0) is 14.8 Å². The molecule has 1 fully saturated rings. The number of amides is 1. The number of non-ortho nitro benzene ring substituents is 1. The number of piperazine rings is 1. The molecule has 0 N–H and O–H groups in total. The van der Waals surface area contributed by atoms with Crippen LogP contribution < -0.4 is 4.74 Å². The van der Waals surface area contributed by atoms with Gasteiger partial charge in [0.15, 0.2) is 0 Å². The topological polar surface area (TPSA) is 110 Å². The number of nitrogens with zero attached hydrogens (tertiary/aromatic N) is 3. The third-order valence-electron chi connectivity index (χ3n) is 5.03. The summed E-state index contributed by atoms with van der Waals surface area (Å²) in [6.07, 6.45) is 3.14. The Labute approximate surface area is 180 Å². The predicted octanol–water partition coefficient (Wildman–Crippen LogP) is 2.46. The molecule has 1 heterocycles. The number of carbonyl (C=O) groups is 1. The summed E-state index contributed by atoms with van der Waals surface area (Å²) < 4.78 is 32.2. The average Bonchev–Trinajstić information content (AvgIpc) is 2.77. The Morgan fingerprint density at radius 1 is 1.10 bits per heavy atom. The number of rotatable bonds is 6. The van der Waals surface area contributed by atoms with Crippen LogP contribution in [0, 0.1) is 17.0 Å². The van der Waals surface area contributed by atoms with Crippen molar-refractivity contribution in [3.63, 3.8) is 0 Å². The van der Waals surface area contributed by atoms with Crippen LogP contribution in [0.5, 0.6) is 5.75 Å². The van der Waals surface area contributed by atoms with Crippen LogP contribution in [0.4, 0.5) is 5.69 Å². The van der Waals surface area contributed by atoms with E-state index in [0.29, 0.717) is 5.75 Å². The van der Waals surface area contributed by atoms with Crippen LogP contribution in [0.2, 0.25) is 0 Å². The van der Waals surface area contributed by atoms with Crippen LogP contribution in [0.15, 0.2) is 53.4 Å². The van der Waals surface area contributed by atoms with Gasteiger partial charge in [0.25, 0.3) is 5.69 Å². The van der Waals surface area contributed by atoms with E-state index in [1.165, 1.54) is 22.5 Å². The van der Waals surface area contributed by atoms with Crippen LogP contribution in [0.1, 0.15) is 11.1 Å². The minimum absolute atomic E-state index is 0.00989. The van der Waals surface area contributed by atoms with Gasteiger partial charge in [0.05, 0.1) is 16.9 Å². The molecule has 1 saturated heterocycles. The number of sulfonamides is 1. The summed E-state index contributed by atoms with van der Waals surface area (Å²) in [5.74, 6) is 0.449. The Morgan fingerprint density at radius 3 is 2.32 bits per heavy atom. The zero-order valence-corrected chi connectivity index (χ0v) is 18.0. The number of aryl methyl sites for hydroxylation is 1. The minimum atomic E-state index is -3.78. The lowest BCUT2D eigenvalue weighted by atomic mass is 10.1. The number of nitro benzene ring substituents is 1. The molecular weight excluding hydrogens is 422 g/mol. The maximum absolute atomic E-state index is 12.8. The second-order valence-electron chi connectivity index (χ2n) is 7.06. The highest BCUT2D eigenvalue weighted by Gasteiger charge is 2.29. The van der Waals surface area contributed by atoms with Gasteiger partial charge in [-0.2, -0.15) is 4.31 Å². The molecule has 1 aliphatic rings. The zero-order chi connectivity index (χ0) is 22.6. The van der Waals surface area contributed by atoms with Crippen LogP contribution >= 0.6 is 0 Å². The van der Waals surface area contributed by atoms with Crippen molar-refractivity contribution in [3.05, 3.63) is 69.8 Å². The molecule has 1 aliphatic heterocycles. The molecule has 0 bridgehead atoms. The van der Waals surface area contributed by atoms with Crippen LogP contribution in [0.3, 0.4) is 0 Å². The summed E-state index contributed by atoms with van der Waals surface area (Å²) in [4.78, 5) is 24.3. The highest BCUT2D eigenvalue weighted by Crippen LogP contribution is 2.22. The van der Waals surface area contributed by atoms with Gasteiger partial charge < -0.3 is 9.64 Å². The fourth-order valence-electron chi connectivity index (χ4n) is 3.29. The minimum Gasteiger partial charge on any atom is -0.496 e. The summed E-state index contributed by atoms with van der Waals surface area (Å²) >= 11 is 0. The van der Waals surface area contributed by atoms with Crippen molar-refractivity contribution in [2.75, 3.05) is 33.3 Å².